The smallest absolute Gasteiger partial charge is 0.254 e. The number of carbonyl (C=O) groups excluding carboxylic acids is 1. The number of β-amino-alcohol motifs (C(OH)–C–C–N with tert-alkyl or cyclic N) is 1. The van der Waals surface area contributed by atoms with Gasteiger partial charge in [-0.25, -0.2) is 0 Å². The summed E-state index contributed by atoms with van der Waals surface area (Å²) in [6, 6.07) is 7.68. The number of aliphatic hydroxyl groups is 2. The van der Waals surface area contributed by atoms with Gasteiger partial charge in [0.2, 0.25) is 0 Å². The van der Waals surface area contributed by atoms with E-state index in [9.17, 15) is 15.0 Å². The molecule has 150 valence electrons. The van der Waals surface area contributed by atoms with E-state index in [2.05, 4.69) is 16.8 Å². The van der Waals surface area contributed by atoms with Crippen LogP contribution in [0.3, 0.4) is 0 Å². The van der Waals surface area contributed by atoms with Crippen molar-refractivity contribution in [2.45, 2.75) is 44.4 Å². The van der Waals surface area contributed by atoms with Crippen molar-refractivity contribution in [3.05, 3.63) is 35.4 Å². The van der Waals surface area contributed by atoms with Gasteiger partial charge < -0.3 is 20.0 Å². The quantitative estimate of drug-likeness (QED) is 0.798. The molecule has 6 nitrogen and oxygen atoms in total. The number of aliphatic hydroxyl groups excluding tert-OH is 1. The van der Waals surface area contributed by atoms with Crippen molar-refractivity contribution < 1.29 is 15.0 Å². The highest BCUT2D eigenvalue weighted by atomic mass is 16.3. The first-order valence-electron chi connectivity index (χ1n) is 9.94. The zero-order valence-electron chi connectivity index (χ0n) is 16.8. The lowest BCUT2D eigenvalue weighted by Crippen LogP contribution is -2.52. The number of likely N-dealkylation sites (tertiary alicyclic amines) is 1. The first-order valence-corrected chi connectivity index (χ1v) is 9.94. The molecule has 2 aliphatic heterocycles. The maximum atomic E-state index is 13.0. The van der Waals surface area contributed by atoms with Gasteiger partial charge in [-0.1, -0.05) is 12.1 Å². The molecule has 2 atom stereocenters. The normalized spacial score (nSPS) is 25.1. The average molecular weight is 376 g/mol. The lowest BCUT2D eigenvalue weighted by atomic mass is 9.98. The van der Waals surface area contributed by atoms with Crippen LogP contribution in [0.1, 0.15) is 36.2 Å². The van der Waals surface area contributed by atoms with E-state index in [1.807, 2.05) is 24.3 Å². The molecule has 0 saturated carbocycles. The minimum atomic E-state index is -0.713. The lowest BCUT2D eigenvalue weighted by Gasteiger charge is -2.37. The van der Waals surface area contributed by atoms with Crippen LogP contribution in [-0.2, 0) is 6.42 Å². The predicted molar refractivity (Wildman–Crippen MR) is 106 cm³/mol. The van der Waals surface area contributed by atoms with E-state index in [1.165, 1.54) is 0 Å². The molecule has 3 rings (SSSR count). The highest BCUT2D eigenvalue weighted by Crippen LogP contribution is 2.21. The zero-order valence-corrected chi connectivity index (χ0v) is 16.8. The maximum absolute atomic E-state index is 13.0. The Morgan fingerprint density at radius 2 is 1.89 bits per heavy atom. The molecule has 2 N–H and O–H groups in total. The van der Waals surface area contributed by atoms with Gasteiger partial charge in [0.1, 0.15) is 0 Å². The first kappa shape index (κ1) is 20.3. The SMILES string of the molecule is CN1CCN([C@@H]2CN(C(=O)c3cccc(CCC(C)(C)O)c3)C[C@H]2O)CC1. The molecule has 1 amide bonds. The third kappa shape index (κ3) is 5.29. The van der Waals surface area contributed by atoms with E-state index in [4.69, 9.17) is 0 Å². The van der Waals surface area contributed by atoms with Crippen LogP contribution in [-0.4, -0.2) is 94.9 Å². The van der Waals surface area contributed by atoms with Crippen LogP contribution in [0, 0.1) is 0 Å². The Morgan fingerprint density at radius 3 is 2.56 bits per heavy atom. The van der Waals surface area contributed by atoms with E-state index in [0.717, 1.165) is 38.2 Å². The second-order valence-electron chi connectivity index (χ2n) is 8.70. The summed E-state index contributed by atoms with van der Waals surface area (Å²) in [6.45, 7) is 8.44. The minimum absolute atomic E-state index is 0.0178. The number of carbonyl (C=O) groups is 1. The molecule has 0 spiro atoms. The summed E-state index contributed by atoms with van der Waals surface area (Å²) < 4.78 is 0. The summed E-state index contributed by atoms with van der Waals surface area (Å²) in [5.74, 6) is -0.0178. The lowest BCUT2D eigenvalue weighted by molar-refractivity contribution is 0.0512. The number of rotatable bonds is 5. The minimum Gasteiger partial charge on any atom is -0.390 e. The summed E-state index contributed by atoms with van der Waals surface area (Å²) in [6.07, 6.45) is 0.895. The van der Waals surface area contributed by atoms with Gasteiger partial charge >= 0.3 is 0 Å². The van der Waals surface area contributed by atoms with Gasteiger partial charge in [0.05, 0.1) is 17.7 Å². The summed E-state index contributed by atoms with van der Waals surface area (Å²) in [5.41, 5.74) is 1.00. The van der Waals surface area contributed by atoms with Crippen LogP contribution < -0.4 is 0 Å². The molecule has 2 aliphatic rings. The highest BCUT2D eigenvalue weighted by Gasteiger charge is 2.38. The van der Waals surface area contributed by atoms with Crippen molar-refractivity contribution in [1.29, 1.82) is 0 Å². The summed E-state index contributed by atoms with van der Waals surface area (Å²) in [5, 5.41) is 20.4. The van der Waals surface area contributed by atoms with Gasteiger partial charge in [-0.05, 0) is 51.4 Å². The standard InChI is InChI=1S/C21H33N3O3/c1-21(2,27)8-7-16-5-4-6-17(13-16)20(26)24-14-18(19(25)15-24)23-11-9-22(3)10-12-23/h4-6,13,18-19,25,27H,7-12,14-15H2,1-3H3/t18-,19-/m1/s1. The van der Waals surface area contributed by atoms with E-state index in [1.54, 1.807) is 18.7 Å². The third-order valence-corrected chi connectivity index (χ3v) is 5.75. The number of nitrogens with zero attached hydrogens (tertiary/aromatic N) is 3. The zero-order chi connectivity index (χ0) is 19.6. The third-order valence-electron chi connectivity index (χ3n) is 5.75. The number of amides is 1. The molecule has 6 heteroatoms. The number of aryl methyl sites for hydroxylation is 1. The molecule has 0 radical (unpaired) electrons. The Morgan fingerprint density at radius 1 is 1.19 bits per heavy atom. The number of piperazine rings is 1. The topological polar surface area (TPSA) is 67.2 Å². The number of hydrogen-bond donors (Lipinski definition) is 2. The molecule has 0 bridgehead atoms. The van der Waals surface area contributed by atoms with Crippen LogP contribution in [0.4, 0.5) is 0 Å². The number of likely N-dealkylation sites (N-methyl/N-ethyl adjacent to an activating group) is 1. The van der Waals surface area contributed by atoms with Crippen molar-refractivity contribution in [1.82, 2.24) is 14.7 Å². The molecule has 0 aliphatic carbocycles. The van der Waals surface area contributed by atoms with Gasteiger partial charge in [0.15, 0.2) is 0 Å². The van der Waals surface area contributed by atoms with Crippen LogP contribution in [0.2, 0.25) is 0 Å². The molecule has 0 unspecified atom stereocenters. The van der Waals surface area contributed by atoms with Crippen LogP contribution in [0.5, 0.6) is 0 Å². The molecule has 2 fully saturated rings. The number of hydrogen-bond acceptors (Lipinski definition) is 5. The Hall–Kier alpha value is -1.47. The Bertz CT molecular complexity index is 650. The maximum Gasteiger partial charge on any atom is 0.254 e. The van der Waals surface area contributed by atoms with Gasteiger partial charge in [0, 0.05) is 44.8 Å². The fraction of sp³-hybridized carbons (Fsp3) is 0.667. The Labute approximate surface area is 162 Å². The predicted octanol–water partition coefficient (Wildman–Crippen LogP) is 0.823. The van der Waals surface area contributed by atoms with Gasteiger partial charge in [-0.3, -0.25) is 9.69 Å². The molecule has 27 heavy (non-hydrogen) atoms. The van der Waals surface area contributed by atoms with E-state index in [0.29, 0.717) is 25.1 Å². The fourth-order valence-electron chi connectivity index (χ4n) is 3.94. The van der Waals surface area contributed by atoms with Crippen molar-refractivity contribution in [3.8, 4) is 0 Å². The monoisotopic (exact) mass is 375 g/mol. The van der Waals surface area contributed by atoms with E-state index >= 15 is 0 Å². The van der Waals surface area contributed by atoms with Gasteiger partial charge in [-0.15, -0.1) is 0 Å². The molecular weight excluding hydrogens is 342 g/mol. The molecule has 1 aromatic rings. The van der Waals surface area contributed by atoms with E-state index in [-0.39, 0.29) is 11.9 Å². The van der Waals surface area contributed by atoms with Gasteiger partial charge in [-0.2, -0.15) is 0 Å². The van der Waals surface area contributed by atoms with Crippen LogP contribution in [0.25, 0.3) is 0 Å². The first-order chi connectivity index (χ1) is 12.7. The van der Waals surface area contributed by atoms with Crippen molar-refractivity contribution in [2.24, 2.45) is 0 Å². The van der Waals surface area contributed by atoms with Crippen molar-refractivity contribution in [3.63, 3.8) is 0 Å². The van der Waals surface area contributed by atoms with Crippen molar-refractivity contribution >= 4 is 5.91 Å². The molecule has 0 aromatic heterocycles. The summed E-state index contributed by atoms with van der Waals surface area (Å²) in [7, 11) is 2.11. The second-order valence-corrected chi connectivity index (χ2v) is 8.70. The molecule has 2 saturated heterocycles. The molecule has 1 aromatic carbocycles. The average Bonchev–Trinajstić information content (AvgIpc) is 3.01. The molecule has 2 heterocycles. The van der Waals surface area contributed by atoms with Gasteiger partial charge in [0.25, 0.3) is 5.91 Å². The second kappa shape index (κ2) is 8.27. The Balaban J connectivity index is 1.62. The summed E-state index contributed by atoms with van der Waals surface area (Å²) >= 11 is 0. The molecular formula is C21H33N3O3. The Kier molecular flexibility index (Phi) is 6.21. The largest absolute Gasteiger partial charge is 0.390 e. The van der Waals surface area contributed by atoms with E-state index < -0.39 is 11.7 Å². The van der Waals surface area contributed by atoms with Crippen LogP contribution >= 0.6 is 0 Å². The summed E-state index contributed by atoms with van der Waals surface area (Å²) in [4.78, 5) is 19.4. The fourth-order valence-corrected chi connectivity index (χ4v) is 3.94. The highest BCUT2D eigenvalue weighted by molar-refractivity contribution is 5.94. The van der Waals surface area contributed by atoms with Crippen LogP contribution in [0.15, 0.2) is 24.3 Å². The van der Waals surface area contributed by atoms with Crippen molar-refractivity contribution in [2.75, 3.05) is 46.3 Å². The number of benzene rings is 1.